The minimum Gasteiger partial charge on any atom is -0.383 e. The average molecular weight is 246 g/mol. The molecule has 17 heavy (non-hydrogen) atoms. The van der Waals surface area contributed by atoms with Crippen molar-refractivity contribution in [2.24, 2.45) is 11.7 Å². The van der Waals surface area contributed by atoms with Gasteiger partial charge in [0.2, 0.25) is 0 Å². The van der Waals surface area contributed by atoms with Gasteiger partial charge < -0.3 is 20.1 Å². The standard InChI is InChI=1S/C13H30N2O2/c1-5-17-13(10-14)6-7-15(8-9-16-4)11-12(2)3/h12-13H,5-11,14H2,1-4H3. The van der Waals surface area contributed by atoms with Crippen LogP contribution in [0.25, 0.3) is 0 Å². The first kappa shape index (κ1) is 16.8. The van der Waals surface area contributed by atoms with Crippen LogP contribution < -0.4 is 5.73 Å². The molecule has 104 valence electrons. The third-order valence-electron chi connectivity index (χ3n) is 2.67. The van der Waals surface area contributed by atoms with Gasteiger partial charge in [-0.15, -0.1) is 0 Å². The van der Waals surface area contributed by atoms with E-state index in [0.29, 0.717) is 12.5 Å². The lowest BCUT2D eigenvalue weighted by Crippen LogP contribution is -2.35. The number of hydrogen-bond acceptors (Lipinski definition) is 4. The molecular formula is C13H30N2O2. The van der Waals surface area contributed by atoms with Gasteiger partial charge in [-0.2, -0.15) is 0 Å². The van der Waals surface area contributed by atoms with Gasteiger partial charge in [-0.25, -0.2) is 0 Å². The fourth-order valence-corrected chi connectivity index (χ4v) is 1.86. The maximum absolute atomic E-state index is 5.68. The van der Waals surface area contributed by atoms with Crippen molar-refractivity contribution in [2.45, 2.75) is 33.3 Å². The molecule has 0 aromatic rings. The number of nitrogens with zero attached hydrogens (tertiary/aromatic N) is 1. The second kappa shape index (κ2) is 11.0. The molecule has 0 aliphatic carbocycles. The molecular weight excluding hydrogens is 216 g/mol. The molecule has 4 nitrogen and oxygen atoms in total. The van der Waals surface area contributed by atoms with Crippen molar-refractivity contribution in [3.63, 3.8) is 0 Å². The Hall–Kier alpha value is -0.160. The highest BCUT2D eigenvalue weighted by atomic mass is 16.5. The fourth-order valence-electron chi connectivity index (χ4n) is 1.86. The van der Waals surface area contributed by atoms with Gasteiger partial charge in [-0.3, -0.25) is 0 Å². The van der Waals surface area contributed by atoms with E-state index in [1.54, 1.807) is 7.11 Å². The molecule has 0 amide bonds. The first-order valence-corrected chi connectivity index (χ1v) is 6.66. The van der Waals surface area contributed by atoms with Crippen LogP contribution in [0.4, 0.5) is 0 Å². The van der Waals surface area contributed by atoms with Crippen molar-refractivity contribution in [1.29, 1.82) is 0 Å². The first-order valence-electron chi connectivity index (χ1n) is 6.66. The molecule has 2 N–H and O–H groups in total. The Labute approximate surface area is 106 Å². The Morgan fingerprint density at radius 3 is 2.41 bits per heavy atom. The molecule has 4 heteroatoms. The zero-order valence-corrected chi connectivity index (χ0v) is 11.9. The van der Waals surface area contributed by atoms with Crippen LogP contribution in [-0.4, -0.2) is 57.5 Å². The van der Waals surface area contributed by atoms with Crippen LogP contribution in [0, 0.1) is 5.92 Å². The number of rotatable bonds is 11. The maximum Gasteiger partial charge on any atom is 0.0709 e. The van der Waals surface area contributed by atoms with Gasteiger partial charge in [0.05, 0.1) is 12.7 Å². The zero-order valence-electron chi connectivity index (χ0n) is 11.9. The maximum atomic E-state index is 5.68. The predicted octanol–water partition coefficient (Wildman–Crippen LogP) is 1.34. The summed E-state index contributed by atoms with van der Waals surface area (Å²) in [6.07, 6.45) is 1.19. The zero-order chi connectivity index (χ0) is 13.1. The molecule has 1 unspecified atom stereocenters. The van der Waals surface area contributed by atoms with Gasteiger partial charge in [-0.05, 0) is 19.3 Å². The van der Waals surface area contributed by atoms with Crippen LogP contribution in [0.15, 0.2) is 0 Å². The summed E-state index contributed by atoms with van der Waals surface area (Å²) in [5, 5.41) is 0. The Balaban J connectivity index is 3.94. The number of nitrogens with two attached hydrogens (primary N) is 1. The molecule has 1 atom stereocenters. The third-order valence-corrected chi connectivity index (χ3v) is 2.67. The molecule has 0 heterocycles. The monoisotopic (exact) mass is 246 g/mol. The average Bonchev–Trinajstić information content (AvgIpc) is 2.30. The highest BCUT2D eigenvalue weighted by Crippen LogP contribution is 2.03. The smallest absolute Gasteiger partial charge is 0.0709 e. The first-order chi connectivity index (χ1) is 8.13. The molecule has 0 radical (unpaired) electrons. The van der Waals surface area contributed by atoms with Gasteiger partial charge in [0.1, 0.15) is 0 Å². The van der Waals surface area contributed by atoms with Crippen molar-refractivity contribution >= 4 is 0 Å². The predicted molar refractivity (Wildman–Crippen MR) is 72.2 cm³/mol. The second-order valence-electron chi connectivity index (χ2n) is 4.79. The van der Waals surface area contributed by atoms with E-state index in [9.17, 15) is 0 Å². The Morgan fingerprint density at radius 1 is 1.24 bits per heavy atom. The molecule has 0 saturated heterocycles. The summed E-state index contributed by atoms with van der Waals surface area (Å²) in [7, 11) is 1.75. The Bertz CT molecular complexity index is 165. The van der Waals surface area contributed by atoms with Crippen molar-refractivity contribution in [3.8, 4) is 0 Å². The molecule has 0 aromatic heterocycles. The van der Waals surface area contributed by atoms with E-state index < -0.39 is 0 Å². The van der Waals surface area contributed by atoms with Gasteiger partial charge in [-0.1, -0.05) is 13.8 Å². The van der Waals surface area contributed by atoms with Crippen molar-refractivity contribution < 1.29 is 9.47 Å². The summed E-state index contributed by atoms with van der Waals surface area (Å²) in [6, 6.07) is 0. The van der Waals surface area contributed by atoms with E-state index in [2.05, 4.69) is 18.7 Å². The minimum absolute atomic E-state index is 0.192. The normalized spacial score (nSPS) is 13.6. The van der Waals surface area contributed by atoms with E-state index in [1.807, 2.05) is 6.92 Å². The van der Waals surface area contributed by atoms with E-state index in [4.69, 9.17) is 15.2 Å². The minimum atomic E-state index is 0.192. The van der Waals surface area contributed by atoms with Crippen molar-refractivity contribution in [3.05, 3.63) is 0 Å². The van der Waals surface area contributed by atoms with Crippen LogP contribution in [0.5, 0.6) is 0 Å². The van der Waals surface area contributed by atoms with Gasteiger partial charge in [0, 0.05) is 39.9 Å². The quantitative estimate of drug-likeness (QED) is 0.598. The Kier molecular flexibility index (Phi) is 10.9. The van der Waals surface area contributed by atoms with Crippen LogP contribution >= 0.6 is 0 Å². The van der Waals surface area contributed by atoms with Crippen molar-refractivity contribution in [2.75, 3.05) is 46.5 Å². The molecule has 0 bridgehead atoms. The summed E-state index contributed by atoms with van der Waals surface area (Å²) in [5.74, 6) is 0.676. The summed E-state index contributed by atoms with van der Waals surface area (Å²) in [4.78, 5) is 2.43. The number of ether oxygens (including phenoxy) is 2. The molecule has 0 rings (SSSR count). The van der Waals surface area contributed by atoms with E-state index >= 15 is 0 Å². The summed E-state index contributed by atoms with van der Waals surface area (Å²) in [6.45, 7) is 11.7. The van der Waals surface area contributed by atoms with Crippen LogP contribution in [0.2, 0.25) is 0 Å². The van der Waals surface area contributed by atoms with Crippen molar-refractivity contribution in [1.82, 2.24) is 4.90 Å². The van der Waals surface area contributed by atoms with Gasteiger partial charge in [0.15, 0.2) is 0 Å². The lowest BCUT2D eigenvalue weighted by molar-refractivity contribution is 0.0498. The largest absolute Gasteiger partial charge is 0.383 e. The highest BCUT2D eigenvalue weighted by molar-refractivity contribution is 4.65. The van der Waals surface area contributed by atoms with Gasteiger partial charge >= 0.3 is 0 Å². The van der Waals surface area contributed by atoms with Crippen LogP contribution in [0.1, 0.15) is 27.2 Å². The topological polar surface area (TPSA) is 47.7 Å². The fraction of sp³-hybridized carbons (Fsp3) is 1.00. The van der Waals surface area contributed by atoms with Gasteiger partial charge in [0.25, 0.3) is 0 Å². The molecule has 0 aromatic carbocycles. The molecule has 0 aliphatic rings. The molecule has 0 aliphatic heterocycles. The lowest BCUT2D eigenvalue weighted by atomic mass is 10.2. The van der Waals surface area contributed by atoms with E-state index in [0.717, 1.165) is 39.3 Å². The third kappa shape index (κ3) is 9.53. The molecule has 0 spiro atoms. The Morgan fingerprint density at radius 2 is 1.94 bits per heavy atom. The molecule has 0 saturated carbocycles. The SMILES string of the molecule is CCOC(CN)CCN(CCOC)CC(C)C. The summed E-state index contributed by atoms with van der Waals surface area (Å²) < 4.78 is 10.7. The van der Waals surface area contributed by atoms with Crippen LogP contribution in [-0.2, 0) is 9.47 Å². The van der Waals surface area contributed by atoms with E-state index in [-0.39, 0.29) is 6.10 Å². The highest BCUT2D eigenvalue weighted by Gasteiger charge is 2.11. The summed E-state index contributed by atoms with van der Waals surface area (Å²) in [5.41, 5.74) is 5.68. The van der Waals surface area contributed by atoms with Crippen LogP contribution in [0.3, 0.4) is 0 Å². The number of hydrogen-bond donors (Lipinski definition) is 1. The van der Waals surface area contributed by atoms with E-state index in [1.165, 1.54) is 0 Å². The second-order valence-corrected chi connectivity index (χ2v) is 4.79. The number of methoxy groups -OCH3 is 1. The summed E-state index contributed by atoms with van der Waals surface area (Å²) >= 11 is 0. The lowest BCUT2D eigenvalue weighted by Gasteiger charge is -2.26. The molecule has 0 fully saturated rings.